The molecule has 0 N–H and O–H groups in total. The first kappa shape index (κ1) is 60.6. The third-order valence-electron chi connectivity index (χ3n) is 11.1. The Balaban J connectivity index is 4.47. The molecule has 6 nitrogen and oxygen atoms in total. The van der Waals surface area contributed by atoms with Crippen molar-refractivity contribution >= 4 is 17.9 Å². The Bertz CT molecular complexity index is 1250. The molecule has 366 valence electrons. The number of hydrogen-bond acceptors (Lipinski definition) is 6. The van der Waals surface area contributed by atoms with Crippen LogP contribution in [-0.4, -0.2) is 37.2 Å². The first-order valence-electron chi connectivity index (χ1n) is 26.6. The first-order valence-corrected chi connectivity index (χ1v) is 26.6. The van der Waals surface area contributed by atoms with Crippen molar-refractivity contribution in [3.63, 3.8) is 0 Å². The summed E-state index contributed by atoms with van der Waals surface area (Å²) in [5, 5.41) is 0. The Kier molecular flexibility index (Phi) is 49.4. The summed E-state index contributed by atoms with van der Waals surface area (Å²) in [4.78, 5) is 38.0. The Morgan fingerprint density at radius 3 is 1.09 bits per heavy atom. The minimum atomic E-state index is -0.814. The average Bonchev–Trinajstić information content (AvgIpc) is 3.29. The Labute approximate surface area is 395 Å². The third-order valence-corrected chi connectivity index (χ3v) is 11.1. The van der Waals surface area contributed by atoms with Crippen molar-refractivity contribution in [1.82, 2.24) is 0 Å². The van der Waals surface area contributed by atoms with Gasteiger partial charge in [-0.1, -0.05) is 209 Å². The molecule has 64 heavy (non-hydrogen) atoms. The van der Waals surface area contributed by atoms with Crippen LogP contribution in [0.2, 0.25) is 0 Å². The molecule has 0 aliphatic carbocycles. The molecule has 1 unspecified atom stereocenters. The largest absolute Gasteiger partial charge is 0.462 e. The molecule has 0 spiro atoms. The molecule has 1 atom stereocenters. The van der Waals surface area contributed by atoms with Crippen molar-refractivity contribution in [3.05, 3.63) is 85.1 Å². The SMILES string of the molecule is CC/C=C\C/C=C\C/C=C\C/C=C\CCC(=O)OCC(COC(=O)CCCCCCCCC/C=C\CCCCCCCCC)OC(=O)CCCCCCC/C=C\C/C=C\CCCCC. The highest BCUT2D eigenvalue weighted by Crippen LogP contribution is 2.14. The van der Waals surface area contributed by atoms with Gasteiger partial charge in [0.2, 0.25) is 0 Å². The quantitative estimate of drug-likeness (QED) is 0.0262. The minimum Gasteiger partial charge on any atom is -0.462 e. The maximum Gasteiger partial charge on any atom is 0.306 e. The van der Waals surface area contributed by atoms with Crippen molar-refractivity contribution in [2.75, 3.05) is 13.2 Å². The fourth-order valence-corrected chi connectivity index (χ4v) is 7.13. The molecule has 6 heteroatoms. The van der Waals surface area contributed by atoms with Crippen LogP contribution in [0.5, 0.6) is 0 Å². The van der Waals surface area contributed by atoms with Crippen LogP contribution in [0.25, 0.3) is 0 Å². The lowest BCUT2D eigenvalue weighted by Crippen LogP contribution is -2.30. The summed E-state index contributed by atoms with van der Waals surface area (Å²) < 4.78 is 16.7. The van der Waals surface area contributed by atoms with Gasteiger partial charge in [-0.25, -0.2) is 0 Å². The number of hydrogen-bond donors (Lipinski definition) is 0. The molecule has 0 aliphatic heterocycles. The van der Waals surface area contributed by atoms with E-state index in [0.717, 1.165) is 89.9 Å². The van der Waals surface area contributed by atoms with E-state index >= 15 is 0 Å². The minimum absolute atomic E-state index is 0.107. The van der Waals surface area contributed by atoms with Gasteiger partial charge in [-0.2, -0.15) is 0 Å². The van der Waals surface area contributed by atoms with Crippen LogP contribution in [0.15, 0.2) is 85.1 Å². The van der Waals surface area contributed by atoms with E-state index in [9.17, 15) is 14.4 Å². The van der Waals surface area contributed by atoms with Gasteiger partial charge < -0.3 is 14.2 Å². The van der Waals surface area contributed by atoms with E-state index in [-0.39, 0.29) is 37.5 Å². The Morgan fingerprint density at radius 2 is 0.641 bits per heavy atom. The second kappa shape index (κ2) is 52.2. The number of carbonyl (C=O) groups excluding carboxylic acids is 3. The summed E-state index contributed by atoms with van der Waals surface area (Å²) in [6.45, 7) is 6.41. The predicted molar refractivity (Wildman–Crippen MR) is 274 cm³/mol. The molecular formula is C58H98O6. The van der Waals surface area contributed by atoms with Crippen LogP contribution >= 0.6 is 0 Å². The van der Waals surface area contributed by atoms with Crippen LogP contribution in [0.3, 0.4) is 0 Å². The maximum absolute atomic E-state index is 12.8. The summed E-state index contributed by atoms with van der Waals surface area (Å²) in [6, 6.07) is 0. The summed E-state index contributed by atoms with van der Waals surface area (Å²) >= 11 is 0. The molecule has 0 aromatic carbocycles. The molecule has 0 heterocycles. The number of unbranched alkanes of at least 4 members (excludes halogenated alkanes) is 22. The highest BCUT2D eigenvalue weighted by atomic mass is 16.6. The zero-order chi connectivity index (χ0) is 46.5. The van der Waals surface area contributed by atoms with Crippen molar-refractivity contribution in [3.8, 4) is 0 Å². The van der Waals surface area contributed by atoms with Crippen molar-refractivity contribution < 1.29 is 28.6 Å². The molecule has 0 bridgehead atoms. The molecule has 0 saturated heterocycles. The third kappa shape index (κ3) is 49.6. The van der Waals surface area contributed by atoms with E-state index in [1.165, 1.54) is 109 Å². The van der Waals surface area contributed by atoms with Crippen LogP contribution < -0.4 is 0 Å². The standard InChI is InChI=1S/C58H98O6/c1-4-7-10-13-16-19-22-25-27-28-29-31-33-36-39-42-45-48-51-57(60)63-54-55(53-62-56(59)50-47-44-41-38-35-32-24-21-18-15-12-9-6-3)64-58(61)52-49-46-43-40-37-34-30-26-23-20-17-14-11-8-5-2/h9,12,17-18,20-21,26-28,30,32,35,41,44,55H,4-8,10-11,13-16,19,22-25,29,31,33-34,36-40,42-43,45-54H2,1-3H3/b12-9-,20-17-,21-18-,28-27-,30-26-,35-32-,44-41-. The highest BCUT2D eigenvalue weighted by molar-refractivity contribution is 5.71. The van der Waals surface area contributed by atoms with Gasteiger partial charge in [0.05, 0.1) is 0 Å². The fourth-order valence-electron chi connectivity index (χ4n) is 7.13. The number of rotatable bonds is 47. The molecule has 0 fully saturated rings. The molecule has 0 saturated carbocycles. The molecule has 0 aromatic rings. The lowest BCUT2D eigenvalue weighted by atomic mass is 10.1. The van der Waals surface area contributed by atoms with Gasteiger partial charge in [0.25, 0.3) is 0 Å². The second-order valence-corrected chi connectivity index (χ2v) is 17.4. The van der Waals surface area contributed by atoms with Gasteiger partial charge in [-0.3, -0.25) is 14.4 Å². The molecule has 0 rings (SSSR count). The van der Waals surface area contributed by atoms with Crippen LogP contribution in [0, 0.1) is 0 Å². The van der Waals surface area contributed by atoms with Crippen LogP contribution in [-0.2, 0) is 28.6 Å². The molecule has 0 aromatic heterocycles. The van der Waals surface area contributed by atoms with E-state index in [4.69, 9.17) is 14.2 Å². The van der Waals surface area contributed by atoms with Crippen LogP contribution in [0.1, 0.15) is 245 Å². The molecule has 0 radical (unpaired) electrons. The summed E-state index contributed by atoms with van der Waals surface area (Å²) in [7, 11) is 0. The van der Waals surface area contributed by atoms with Gasteiger partial charge in [0.15, 0.2) is 6.10 Å². The number of carbonyl (C=O) groups is 3. The van der Waals surface area contributed by atoms with Crippen LogP contribution in [0.4, 0.5) is 0 Å². The van der Waals surface area contributed by atoms with Crippen molar-refractivity contribution in [1.29, 1.82) is 0 Å². The lowest BCUT2D eigenvalue weighted by molar-refractivity contribution is -0.166. The lowest BCUT2D eigenvalue weighted by Gasteiger charge is -2.18. The van der Waals surface area contributed by atoms with Gasteiger partial charge in [0.1, 0.15) is 13.2 Å². The van der Waals surface area contributed by atoms with E-state index in [0.29, 0.717) is 19.3 Å². The monoisotopic (exact) mass is 891 g/mol. The summed E-state index contributed by atoms with van der Waals surface area (Å²) in [5.74, 6) is -1.01. The normalized spacial score (nSPS) is 12.7. The second-order valence-electron chi connectivity index (χ2n) is 17.4. The topological polar surface area (TPSA) is 78.9 Å². The van der Waals surface area contributed by atoms with Gasteiger partial charge >= 0.3 is 17.9 Å². The van der Waals surface area contributed by atoms with E-state index in [2.05, 4.69) is 93.7 Å². The van der Waals surface area contributed by atoms with Crippen molar-refractivity contribution in [2.24, 2.45) is 0 Å². The maximum atomic E-state index is 12.8. The highest BCUT2D eigenvalue weighted by Gasteiger charge is 2.19. The zero-order valence-corrected chi connectivity index (χ0v) is 41.8. The Hall–Kier alpha value is -3.41. The molecule has 0 aliphatic rings. The summed E-state index contributed by atoms with van der Waals surface area (Å²) in [5.41, 5.74) is 0. The smallest absolute Gasteiger partial charge is 0.306 e. The van der Waals surface area contributed by atoms with Gasteiger partial charge in [-0.05, 0) is 103 Å². The first-order chi connectivity index (χ1) is 31.5. The average molecular weight is 891 g/mol. The molecular weight excluding hydrogens is 793 g/mol. The number of esters is 3. The zero-order valence-electron chi connectivity index (χ0n) is 41.8. The Morgan fingerprint density at radius 1 is 0.328 bits per heavy atom. The van der Waals surface area contributed by atoms with Crippen molar-refractivity contribution in [2.45, 2.75) is 252 Å². The summed E-state index contributed by atoms with van der Waals surface area (Å²) in [6.07, 6.45) is 67.2. The number of ether oxygens (including phenoxy) is 3. The predicted octanol–water partition coefficient (Wildman–Crippen LogP) is 17.6. The van der Waals surface area contributed by atoms with E-state index in [1.54, 1.807) is 0 Å². The van der Waals surface area contributed by atoms with Gasteiger partial charge in [0, 0.05) is 19.3 Å². The fraction of sp³-hybridized carbons (Fsp3) is 0.707. The number of allylic oxidation sites excluding steroid dienone is 14. The van der Waals surface area contributed by atoms with Gasteiger partial charge in [-0.15, -0.1) is 0 Å². The van der Waals surface area contributed by atoms with E-state index in [1.807, 2.05) is 12.2 Å². The molecule has 0 amide bonds. The van der Waals surface area contributed by atoms with E-state index < -0.39 is 6.10 Å².